The summed E-state index contributed by atoms with van der Waals surface area (Å²) in [6, 6.07) is 12.8. The van der Waals surface area contributed by atoms with Crippen molar-refractivity contribution >= 4 is 22.9 Å². The maximum atomic E-state index is 5.86. The molecule has 17 heavy (non-hydrogen) atoms. The van der Waals surface area contributed by atoms with Gasteiger partial charge in [0.15, 0.2) is 0 Å². The summed E-state index contributed by atoms with van der Waals surface area (Å²) < 4.78 is 0. The number of hydrogen-bond donors (Lipinski definition) is 1. The fraction of sp³-hybridized carbons (Fsp3) is 0.286. The van der Waals surface area contributed by atoms with Gasteiger partial charge in [0.2, 0.25) is 0 Å². The van der Waals surface area contributed by atoms with Crippen molar-refractivity contribution in [2.24, 2.45) is 0 Å². The van der Waals surface area contributed by atoms with Crippen LogP contribution >= 0.6 is 22.9 Å². The molecule has 1 aromatic heterocycles. The quantitative estimate of drug-likeness (QED) is 0.857. The van der Waals surface area contributed by atoms with E-state index in [4.69, 9.17) is 11.6 Å². The van der Waals surface area contributed by atoms with Crippen molar-refractivity contribution in [3.63, 3.8) is 0 Å². The Morgan fingerprint density at radius 3 is 2.65 bits per heavy atom. The SMILES string of the molecule is CC(Cc1ccc(Cl)cc1)NCc1cccs1. The molecule has 2 rings (SSSR count). The Hall–Kier alpha value is -0.830. The number of hydrogen-bond acceptors (Lipinski definition) is 2. The van der Waals surface area contributed by atoms with E-state index in [0.29, 0.717) is 6.04 Å². The Labute approximate surface area is 111 Å². The van der Waals surface area contributed by atoms with E-state index in [1.54, 1.807) is 11.3 Å². The average molecular weight is 266 g/mol. The van der Waals surface area contributed by atoms with Gasteiger partial charge >= 0.3 is 0 Å². The van der Waals surface area contributed by atoms with Gasteiger partial charge in [-0.05, 0) is 42.5 Å². The van der Waals surface area contributed by atoms with Gasteiger partial charge in [0.1, 0.15) is 0 Å². The highest BCUT2D eigenvalue weighted by molar-refractivity contribution is 7.09. The van der Waals surface area contributed by atoms with Gasteiger partial charge in [-0.1, -0.05) is 29.8 Å². The van der Waals surface area contributed by atoms with E-state index in [9.17, 15) is 0 Å². The van der Waals surface area contributed by atoms with Crippen LogP contribution in [0.1, 0.15) is 17.4 Å². The minimum Gasteiger partial charge on any atom is -0.309 e. The monoisotopic (exact) mass is 265 g/mol. The highest BCUT2D eigenvalue weighted by Gasteiger charge is 2.03. The van der Waals surface area contributed by atoms with Gasteiger partial charge in [-0.2, -0.15) is 0 Å². The third kappa shape index (κ3) is 4.15. The van der Waals surface area contributed by atoms with Gasteiger partial charge in [0, 0.05) is 22.5 Å². The van der Waals surface area contributed by atoms with Crippen molar-refractivity contribution in [3.05, 3.63) is 57.2 Å². The van der Waals surface area contributed by atoms with Crippen LogP contribution in [0.3, 0.4) is 0 Å². The maximum Gasteiger partial charge on any atom is 0.0406 e. The number of rotatable bonds is 5. The van der Waals surface area contributed by atoms with E-state index >= 15 is 0 Å². The van der Waals surface area contributed by atoms with E-state index in [2.05, 4.69) is 41.9 Å². The largest absolute Gasteiger partial charge is 0.309 e. The molecular weight excluding hydrogens is 250 g/mol. The van der Waals surface area contributed by atoms with Gasteiger partial charge in [-0.25, -0.2) is 0 Å². The Bertz CT molecular complexity index is 436. The zero-order valence-electron chi connectivity index (χ0n) is 9.82. The van der Waals surface area contributed by atoms with Gasteiger partial charge in [-0.3, -0.25) is 0 Å². The topological polar surface area (TPSA) is 12.0 Å². The minimum atomic E-state index is 0.471. The second-order valence-corrected chi connectivity index (χ2v) is 5.66. The van der Waals surface area contributed by atoms with E-state index in [1.165, 1.54) is 10.4 Å². The molecule has 1 atom stereocenters. The molecule has 0 radical (unpaired) electrons. The number of halogens is 1. The first-order valence-corrected chi connectivity index (χ1v) is 7.00. The molecule has 1 unspecified atom stereocenters. The van der Waals surface area contributed by atoms with E-state index in [-0.39, 0.29) is 0 Å². The molecular formula is C14H16ClNS. The molecule has 0 saturated heterocycles. The molecule has 2 aromatic rings. The third-order valence-corrected chi connectivity index (χ3v) is 3.79. The van der Waals surface area contributed by atoms with Crippen molar-refractivity contribution in [2.45, 2.75) is 25.9 Å². The van der Waals surface area contributed by atoms with Crippen molar-refractivity contribution < 1.29 is 0 Å². The minimum absolute atomic E-state index is 0.471. The first kappa shape index (κ1) is 12.6. The van der Waals surface area contributed by atoms with E-state index < -0.39 is 0 Å². The molecule has 0 amide bonds. The van der Waals surface area contributed by atoms with Crippen LogP contribution in [0.2, 0.25) is 5.02 Å². The highest BCUT2D eigenvalue weighted by atomic mass is 35.5. The third-order valence-electron chi connectivity index (χ3n) is 2.66. The van der Waals surface area contributed by atoms with Crippen LogP contribution in [-0.2, 0) is 13.0 Å². The van der Waals surface area contributed by atoms with Gasteiger partial charge in [-0.15, -0.1) is 11.3 Å². The zero-order chi connectivity index (χ0) is 12.1. The maximum absolute atomic E-state index is 5.86. The number of benzene rings is 1. The van der Waals surface area contributed by atoms with Crippen LogP contribution in [0.15, 0.2) is 41.8 Å². The molecule has 90 valence electrons. The first-order chi connectivity index (χ1) is 8.24. The molecule has 3 heteroatoms. The summed E-state index contributed by atoms with van der Waals surface area (Å²) in [5.41, 5.74) is 1.32. The summed E-state index contributed by atoms with van der Waals surface area (Å²) >= 11 is 7.66. The fourth-order valence-corrected chi connectivity index (χ4v) is 2.52. The summed E-state index contributed by atoms with van der Waals surface area (Å²) in [6.07, 6.45) is 1.03. The highest BCUT2D eigenvalue weighted by Crippen LogP contribution is 2.12. The second kappa shape index (κ2) is 6.20. The Balaban J connectivity index is 1.80. The molecule has 0 fully saturated rings. The van der Waals surface area contributed by atoms with Crippen LogP contribution in [0.5, 0.6) is 0 Å². The number of thiophene rings is 1. The first-order valence-electron chi connectivity index (χ1n) is 5.74. The van der Waals surface area contributed by atoms with Crippen LogP contribution in [0, 0.1) is 0 Å². The summed E-state index contributed by atoms with van der Waals surface area (Å²) in [5.74, 6) is 0. The summed E-state index contributed by atoms with van der Waals surface area (Å²) in [7, 11) is 0. The van der Waals surface area contributed by atoms with Crippen LogP contribution in [0.4, 0.5) is 0 Å². The van der Waals surface area contributed by atoms with Crippen LogP contribution in [0.25, 0.3) is 0 Å². The van der Waals surface area contributed by atoms with E-state index in [1.807, 2.05) is 12.1 Å². The molecule has 0 aliphatic rings. The average Bonchev–Trinajstić information content (AvgIpc) is 2.83. The second-order valence-electron chi connectivity index (χ2n) is 4.19. The predicted molar refractivity (Wildman–Crippen MR) is 75.8 cm³/mol. The van der Waals surface area contributed by atoms with Crippen molar-refractivity contribution in [1.82, 2.24) is 5.32 Å². The fourth-order valence-electron chi connectivity index (χ4n) is 1.73. The van der Waals surface area contributed by atoms with Gasteiger partial charge in [0.25, 0.3) is 0 Å². The smallest absolute Gasteiger partial charge is 0.0406 e. The predicted octanol–water partition coefficient (Wildman–Crippen LogP) is 4.12. The summed E-state index contributed by atoms with van der Waals surface area (Å²) in [5, 5.41) is 6.44. The number of nitrogens with one attached hydrogen (secondary N) is 1. The van der Waals surface area contributed by atoms with Crippen molar-refractivity contribution in [2.75, 3.05) is 0 Å². The Kier molecular flexibility index (Phi) is 4.60. The normalized spacial score (nSPS) is 12.6. The van der Waals surface area contributed by atoms with Crippen LogP contribution in [-0.4, -0.2) is 6.04 Å². The summed E-state index contributed by atoms with van der Waals surface area (Å²) in [4.78, 5) is 1.38. The molecule has 1 aromatic carbocycles. The van der Waals surface area contributed by atoms with Gasteiger partial charge < -0.3 is 5.32 Å². The molecule has 0 aliphatic carbocycles. The Morgan fingerprint density at radius 2 is 2.00 bits per heavy atom. The lowest BCUT2D eigenvalue weighted by molar-refractivity contribution is 0.549. The standard InChI is InChI=1S/C14H16ClNS/c1-11(16-10-14-3-2-8-17-14)9-12-4-6-13(15)7-5-12/h2-8,11,16H,9-10H2,1H3. The molecule has 1 heterocycles. The lowest BCUT2D eigenvalue weighted by Crippen LogP contribution is -2.27. The van der Waals surface area contributed by atoms with Crippen molar-refractivity contribution in [3.8, 4) is 0 Å². The van der Waals surface area contributed by atoms with Gasteiger partial charge in [0.05, 0.1) is 0 Å². The zero-order valence-corrected chi connectivity index (χ0v) is 11.4. The molecule has 1 nitrogen and oxygen atoms in total. The molecule has 0 spiro atoms. The van der Waals surface area contributed by atoms with E-state index in [0.717, 1.165) is 18.0 Å². The molecule has 0 saturated carbocycles. The lowest BCUT2D eigenvalue weighted by Gasteiger charge is -2.13. The van der Waals surface area contributed by atoms with Crippen molar-refractivity contribution in [1.29, 1.82) is 0 Å². The molecule has 0 bridgehead atoms. The Morgan fingerprint density at radius 1 is 1.24 bits per heavy atom. The lowest BCUT2D eigenvalue weighted by atomic mass is 10.1. The molecule has 0 aliphatic heterocycles. The summed E-state index contributed by atoms with van der Waals surface area (Å²) in [6.45, 7) is 3.16. The van der Waals surface area contributed by atoms with Crippen LogP contribution < -0.4 is 5.32 Å². The molecule has 1 N–H and O–H groups in total.